The Labute approximate surface area is 122 Å². The number of methoxy groups -OCH3 is 1. The molecule has 20 heavy (non-hydrogen) atoms. The summed E-state index contributed by atoms with van der Waals surface area (Å²) in [6.45, 7) is 2.63. The van der Waals surface area contributed by atoms with Crippen molar-refractivity contribution in [2.24, 2.45) is 5.73 Å². The van der Waals surface area contributed by atoms with Gasteiger partial charge < -0.3 is 21.1 Å². The highest BCUT2D eigenvalue weighted by molar-refractivity contribution is 7.10. The summed E-state index contributed by atoms with van der Waals surface area (Å²) in [5.74, 6) is 0.0289. The molecule has 0 spiro atoms. The van der Waals surface area contributed by atoms with Crippen molar-refractivity contribution in [3.8, 4) is 0 Å². The number of nitrogen functional groups attached to an aromatic ring is 1. The molecule has 1 aliphatic rings. The molecule has 110 valence electrons. The molecule has 1 fully saturated rings. The number of carbonyl (C=O) groups is 1. The van der Waals surface area contributed by atoms with Gasteiger partial charge in [-0.1, -0.05) is 0 Å². The van der Waals surface area contributed by atoms with Crippen LogP contribution in [-0.4, -0.2) is 37.5 Å². The number of hydrogen-bond donors (Lipinski definition) is 4. The molecule has 3 atom stereocenters. The van der Waals surface area contributed by atoms with Crippen LogP contribution in [-0.2, 0) is 9.53 Å². The molecule has 1 aromatic heterocycles. The molecule has 1 amide bonds. The fourth-order valence-electron chi connectivity index (χ4n) is 2.19. The third kappa shape index (κ3) is 3.36. The van der Waals surface area contributed by atoms with E-state index >= 15 is 0 Å². The third-order valence-electron chi connectivity index (χ3n) is 3.46. The first-order valence-electron chi connectivity index (χ1n) is 6.50. The van der Waals surface area contributed by atoms with Gasteiger partial charge in [0, 0.05) is 29.5 Å². The number of carbonyl (C=O) groups excluding carboxylic acids is 1. The molecule has 0 saturated carbocycles. The Morgan fingerprint density at radius 2 is 2.45 bits per heavy atom. The SMILES string of the molecule is CO[C@H]1CN[C@H](C(=O)NC(C)c2cc(C(=N)N)cs2)C1. The summed E-state index contributed by atoms with van der Waals surface area (Å²) in [6, 6.07) is 1.55. The highest BCUT2D eigenvalue weighted by Gasteiger charge is 2.30. The first kappa shape index (κ1) is 15.0. The number of nitrogens with two attached hydrogens (primary N) is 1. The maximum atomic E-state index is 12.1. The van der Waals surface area contributed by atoms with E-state index in [1.54, 1.807) is 7.11 Å². The van der Waals surface area contributed by atoms with Gasteiger partial charge in [-0.05, 0) is 19.4 Å². The van der Waals surface area contributed by atoms with Crippen molar-refractivity contribution in [2.45, 2.75) is 31.5 Å². The van der Waals surface area contributed by atoms with Gasteiger partial charge in [-0.2, -0.15) is 0 Å². The molecule has 0 radical (unpaired) electrons. The lowest BCUT2D eigenvalue weighted by molar-refractivity contribution is -0.123. The minimum atomic E-state index is -0.199. The summed E-state index contributed by atoms with van der Waals surface area (Å²) in [5.41, 5.74) is 6.14. The van der Waals surface area contributed by atoms with Crippen LogP contribution < -0.4 is 16.4 Å². The van der Waals surface area contributed by atoms with Crippen LogP contribution in [0.15, 0.2) is 11.4 Å². The van der Waals surface area contributed by atoms with Gasteiger partial charge in [-0.3, -0.25) is 10.2 Å². The Kier molecular flexibility index (Phi) is 4.74. The second-order valence-electron chi connectivity index (χ2n) is 4.94. The predicted molar refractivity (Wildman–Crippen MR) is 79.1 cm³/mol. The van der Waals surface area contributed by atoms with Gasteiger partial charge >= 0.3 is 0 Å². The van der Waals surface area contributed by atoms with Gasteiger partial charge in [0.2, 0.25) is 5.91 Å². The molecule has 0 aromatic carbocycles. The van der Waals surface area contributed by atoms with Crippen molar-refractivity contribution in [3.05, 3.63) is 21.9 Å². The first-order valence-corrected chi connectivity index (χ1v) is 7.38. The number of ether oxygens (including phenoxy) is 1. The van der Waals surface area contributed by atoms with Gasteiger partial charge in [0.1, 0.15) is 5.84 Å². The second kappa shape index (κ2) is 6.34. The van der Waals surface area contributed by atoms with Gasteiger partial charge in [0.15, 0.2) is 0 Å². The number of amides is 1. The Morgan fingerprint density at radius 1 is 1.70 bits per heavy atom. The molecule has 1 aromatic rings. The summed E-state index contributed by atoms with van der Waals surface area (Å²) in [4.78, 5) is 13.1. The van der Waals surface area contributed by atoms with Crippen LogP contribution in [0.4, 0.5) is 0 Å². The number of rotatable bonds is 5. The van der Waals surface area contributed by atoms with E-state index in [1.165, 1.54) is 11.3 Å². The van der Waals surface area contributed by atoms with Gasteiger partial charge in [-0.25, -0.2) is 0 Å². The lowest BCUT2D eigenvalue weighted by Gasteiger charge is -2.16. The molecule has 1 aliphatic heterocycles. The number of thiophene rings is 1. The quantitative estimate of drug-likeness (QED) is 0.472. The normalized spacial score (nSPS) is 23.5. The Morgan fingerprint density at radius 3 is 3.00 bits per heavy atom. The molecular formula is C13H20N4O2S. The topological polar surface area (TPSA) is 100 Å². The Balaban J connectivity index is 1.92. The van der Waals surface area contributed by atoms with E-state index in [9.17, 15) is 4.79 Å². The smallest absolute Gasteiger partial charge is 0.237 e. The van der Waals surface area contributed by atoms with Crippen LogP contribution in [0.1, 0.15) is 29.8 Å². The minimum absolute atomic E-state index is 0.0187. The van der Waals surface area contributed by atoms with Crippen LogP contribution in [0.5, 0.6) is 0 Å². The number of hydrogen-bond acceptors (Lipinski definition) is 5. The van der Waals surface area contributed by atoms with E-state index in [0.717, 1.165) is 4.88 Å². The second-order valence-corrected chi connectivity index (χ2v) is 5.88. The van der Waals surface area contributed by atoms with Crippen LogP contribution in [0.25, 0.3) is 0 Å². The van der Waals surface area contributed by atoms with E-state index in [2.05, 4.69) is 10.6 Å². The Hall–Kier alpha value is -1.44. The van der Waals surface area contributed by atoms with Crippen molar-refractivity contribution in [3.63, 3.8) is 0 Å². The summed E-state index contributed by atoms with van der Waals surface area (Å²) in [6.07, 6.45) is 0.796. The van der Waals surface area contributed by atoms with Crippen LogP contribution >= 0.6 is 11.3 Å². The average molecular weight is 296 g/mol. The van der Waals surface area contributed by atoms with E-state index in [-0.39, 0.29) is 29.9 Å². The summed E-state index contributed by atoms with van der Waals surface area (Å²) in [5, 5.41) is 15.3. The summed E-state index contributed by atoms with van der Waals surface area (Å²) >= 11 is 1.49. The maximum Gasteiger partial charge on any atom is 0.237 e. The molecule has 5 N–H and O–H groups in total. The zero-order chi connectivity index (χ0) is 14.7. The molecule has 6 nitrogen and oxygen atoms in total. The highest BCUT2D eigenvalue weighted by Crippen LogP contribution is 2.22. The van der Waals surface area contributed by atoms with Gasteiger partial charge in [0.25, 0.3) is 0 Å². The van der Waals surface area contributed by atoms with E-state index < -0.39 is 0 Å². The van der Waals surface area contributed by atoms with Crippen molar-refractivity contribution in [2.75, 3.05) is 13.7 Å². The van der Waals surface area contributed by atoms with Crippen molar-refractivity contribution in [1.82, 2.24) is 10.6 Å². The predicted octanol–water partition coefficient (Wildman–Crippen LogP) is 0.586. The van der Waals surface area contributed by atoms with Crippen molar-refractivity contribution < 1.29 is 9.53 Å². The van der Waals surface area contributed by atoms with Crippen molar-refractivity contribution >= 4 is 23.1 Å². The lowest BCUT2D eigenvalue weighted by Crippen LogP contribution is -2.41. The van der Waals surface area contributed by atoms with Crippen LogP contribution in [0.2, 0.25) is 0 Å². The maximum absolute atomic E-state index is 12.1. The molecule has 7 heteroatoms. The van der Waals surface area contributed by atoms with Gasteiger partial charge in [0.05, 0.1) is 18.2 Å². The summed E-state index contributed by atoms with van der Waals surface area (Å²) in [7, 11) is 1.66. The first-order chi connectivity index (χ1) is 9.51. The molecule has 0 aliphatic carbocycles. The van der Waals surface area contributed by atoms with Crippen LogP contribution in [0.3, 0.4) is 0 Å². The summed E-state index contributed by atoms with van der Waals surface area (Å²) < 4.78 is 5.23. The highest BCUT2D eigenvalue weighted by atomic mass is 32.1. The lowest BCUT2D eigenvalue weighted by atomic mass is 10.1. The molecule has 2 rings (SSSR count). The minimum Gasteiger partial charge on any atom is -0.384 e. The Bertz CT molecular complexity index is 502. The molecule has 2 heterocycles. The molecule has 1 unspecified atom stereocenters. The fraction of sp³-hybridized carbons (Fsp3) is 0.538. The molecule has 0 bridgehead atoms. The number of amidine groups is 1. The van der Waals surface area contributed by atoms with E-state index in [4.69, 9.17) is 15.9 Å². The zero-order valence-corrected chi connectivity index (χ0v) is 12.4. The van der Waals surface area contributed by atoms with Crippen molar-refractivity contribution in [1.29, 1.82) is 5.41 Å². The standard InChI is InChI=1S/C13H20N4O2S/c1-7(11-3-8(6-20-11)12(14)15)17-13(18)10-4-9(19-2)5-16-10/h3,6-7,9-10,16H,4-5H2,1-2H3,(H3,14,15)(H,17,18)/t7?,9-,10+/m1/s1. The van der Waals surface area contributed by atoms with Gasteiger partial charge in [-0.15, -0.1) is 11.3 Å². The third-order valence-corrected chi connectivity index (χ3v) is 4.57. The zero-order valence-electron chi connectivity index (χ0n) is 11.6. The monoisotopic (exact) mass is 296 g/mol. The molecule has 1 saturated heterocycles. The van der Waals surface area contributed by atoms with E-state index in [1.807, 2.05) is 18.4 Å². The molecular weight excluding hydrogens is 276 g/mol. The fourth-order valence-corrected chi connectivity index (χ4v) is 3.10. The van der Waals surface area contributed by atoms with Crippen LogP contribution in [0, 0.1) is 5.41 Å². The number of nitrogens with one attached hydrogen (secondary N) is 3. The largest absolute Gasteiger partial charge is 0.384 e. The van der Waals surface area contributed by atoms with E-state index in [0.29, 0.717) is 18.5 Å². The average Bonchev–Trinajstić information content (AvgIpc) is 3.07.